The van der Waals surface area contributed by atoms with Gasteiger partial charge >= 0.3 is 0 Å². The van der Waals surface area contributed by atoms with Crippen LogP contribution < -0.4 is 5.32 Å². The molecule has 0 spiro atoms. The first-order chi connectivity index (χ1) is 7.87. The minimum Gasteiger partial charge on any atom is -0.312 e. The van der Waals surface area contributed by atoms with Gasteiger partial charge in [0.05, 0.1) is 0 Å². The predicted molar refractivity (Wildman–Crippen MR) is 74.2 cm³/mol. The minimum atomic E-state index is 0.434. The second kappa shape index (κ2) is 4.13. The Labute approximate surface area is 106 Å². The number of benzene rings is 1. The molecule has 1 aromatic carbocycles. The molecule has 2 rings (SSSR count). The zero-order chi connectivity index (χ0) is 12.7. The van der Waals surface area contributed by atoms with Crippen molar-refractivity contribution in [2.45, 2.75) is 46.6 Å². The lowest BCUT2D eigenvalue weighted by Crippen LogP contribution is -2.26. The molecule has 1 nitrogen and oxygen atoms in total. The smallest absolute Gasteiger partial charge is 0.0181 e. The van der Waals surface area contributed by atoms with Crippen molar-refractivity contribution < 1.29 is 0 Å². The monoisotopic (exact) mass is 231 g/mol. The van der Waals surface area contributed by atoms with Gasteiger partial charge in [-0.25, -0.2) is 0 Å². The van der Waals surface area contributed by atoms with Crippen LogP contribution in [-0.4, -0.2) is 12.6 Å². The average molecular weight is 231 g/mol. The fourth-order valence-corrected chi connectivity index (χ4v) is 2.90. The van der Waals surface area contributed by atoms with Crippen molar-refractivity contribution in [3.63, 3.8) is 0 Å². The van der Waals surface area contributed by atoms with Crippen LogP contribution in [0.15, 0.2) is 30.3 Å². The van der Waals surface area contributed by atoms with E-state index in [0.29, 0.717) is 22.8 Å². The van der Waals surface area contributed by atoms with Crippen molar-refractivity contribution in [1.29, 1.82) is 0 Å². The first-order valence-corrected chi connectivity index (χ1v) is 6.65. The summed E-state index contributed by atoms with van der Waals surface area (Å²) in [5, 5.41) is 3.74. The number of hydrogen-bond acceptors (Lipinski definition) is 1. The second-order valence-corrected chi connectivity index (χ2v) is 6.60. The highest BCUT2D eigenvalue weighted by Crippen LogP contribution is 2.62. The van der Waals surface area contributed by atoms with Crippen LogP contribution in [0.2, 0.25) is 0 Å². The highest BCUT2D eigenvalue weighted by molar-refractivity contribution is 5.21. The quantitative estimate of drug-likeness (QED) is 0.831. The summed E-state index contributed by atoms with van der Waals surface area (Å²) in [7, 11) is 0. The topological polar surface area (TPSA) is 12.0 Å². The fourth-order valence-electron chi connectivity index (χ4n) is 2.90. The Balaban J connectivity index is 1.89. The Morgan fingerprint density at radius 2 is 1.59 bits per heavy atom. The van der Waals surface area contributed by atoms with E-state index in [-0.39, 0.29) is 0 Å². The van der Waals surface area contributed by atoms with Crippen LogP contribution in [0.5, 0.6) is 0 Å². The van der Waals surface area contributed by atoms with Crippen molar-refractivity contribution in [2.24, 2.45) is 10.8 Å². The molecule has 1 aliphatic rings. The molecule has 94 valence electrons. The SMILES string of the molecule is CC(CNC1C(C)(C)C1(C)C)c1ccccc1. The number of rotatable bonds is 4. The van der Waals surface area contributed by atoms with E-state index in [4.69, 9.17) is 0 Å². The van der Waals surface area contributed by atoms with Crippen molar-refractivity contribution >= 4 is 0 Å². The summed E-state index contributed by atoms with van der Waals surface area (Å²) in [5.74, 6) is 0.586. The molecule has 1 heteroatoms. The second-order valence-electron chi connectivity index (χ2n) is 6.60. The molecular formula is C16H25N. The Kier molecular flexibility index (Phi) is 3.07. The molecule has 0 radical (unpaired) electrons. The standard InChI is InChI=1S/C16H25N/c1-12(13-9-7-6-8-10-13)11-17-14-15(2,3)16(14,4)5/h6-10,12,14,17H,11H2,1-5H3. The summed E-state index contributed by atoms with van der Waals surface area (Å²) in [4.78, 5) is 0. The zero-order valence-electron chi connectivity index (χ0n) is 11.7. The third-order valence-corrected chi connectivity index (χ3v) is 5.02. The summed E-state index contributed by atoms with van der Waals surface area (Å²) in [6.07, 6.45) is 0. The van der Waals surface area contributed by atoms with Gasteiger partial charge in [0.1, 0.15) is 0 Å². The van der Waals surface area contributed by atoms with Gasteiger partial charge in [-0.05, 0) is 22.3 Å². The van der Waals surface area contributed by atoms with Gasteiger partial charge < -0.3 is 5.32 Å². The van der Waals surface area contributed by atoms with Gasteiger partial charge in [0, 0.05) is 12.6 Å². The summed E-state index contributed by atoms with van der Waals surface area (Å²) >= 11 is 0. The maximum absolute atomic E-state index is 3.74. The van der Waals surface area contributed by atoms with Gasteiger partial charge in [0.25, 0.3) is 0 Å². The maximum Gasteiger partial charge on any atom is 0.0181 e. The van der Waals surface area contributed by atoms with Crippen LogP contribution in [0, 0.1) is 10.8 Å². The van der Waals surface area contributed by atoms with Gasteiger partial charge in [-0.3, -0.25) is 0 Å². The minimum absolute atomic E-state index is 0.434. The van der Waals surface area contributed by atoms with Crippen LogP contribution in [0.1, 0.15) is 46.1 Å². The van der Waals surface area contributed by atoms with Crippen molar-refractivity contribution in [2.75, 3.05) is 6.54 Å². The number of nitrogens with one attached hydrogen (secondary N) is 1. The third kappa shape index (κ3) is 2.13. The van der Waals surface area contributed by atoms with Gasteiger partial charge in [0.15, 0.2) is 0 Å². The van der Waals surface area contributed by atoms with Crippen LogP contribution in [0.3, 0.4) is 0 Å². The highest BCUT2D eigenvalue weighted by Gasteiger charge is 2.64. The Hall–Kier alpha value is -0.820. The first kappa shape index (κ1) is 12.6. The molecule has 1 fully saturated rings. The van der Waals surface area contributed by atoms with E-state index in [1.165, 1.54) is 5.56 Å². The largest absolute Gasteiger partial charge is 0.312 e. The molecular weight excluding hydrogens is 206 g/mol. The molecule has 1 aromatic rings. The van der Waals surface area contributed by atoms with Crippen molar-refractivity contribution in [1.82, 2.24) is 5.32 Å². The highest BCUT2D eigenvalue weighted by atomic mass is 15.0. The van der Waals surface area contributed by atoms with E-state index >= 15 is 0 Å². The van der Waals surface area contributed by atoms with E-state index in [0.717, 1.165) is 6.54 Å². The molecule has 0 heterocycles. The molecule has 17 heavy (non-hydrogen) atoms. The predicted octanol–water partition coefficient (Wildman–Crippen LogP) is 3.81. The Morgan fingerprint density at radius 3 is 2.06 bits per heavy atom. The normalized spacial score (nSPS) is 23.4. The molecule has 0 aliphatic heterocycles. The molecule has 1 N–H and O–H groups in total. The third-order valence-electron chi connectivity index (χ3n) is 5.02. The lowest BCUT2D eigenvalue weighted by atomic mass is 10.0. The summed E-state index contributed by atoms with van der Waals surface area (Å²) in [5.41, 5.74) is 2.29. The molecule has 0 amide bonds. The number of hydrogen-bond donors (Lipinski definition) is 1. The van der Waals surface area contributed by atoms with E-state index in [2.05, 4.69) is 70.3 Å². The Bertz CT molecular complexity index is 364. The van der Waals surface area contributed by atoms with Crippen LogP contribution in [-0.2, 0) is 0 Å². The molecule has 0 bridgehead atoms. The maximum atomic E-state index is 3.74. The van der Waals surface area contributed by atoms with Crippen molar-refractivity contribution in [3.8, 4) is 0 Å². The molecule has 0 aromatic heterocycles. The first-order valence-electron chi connectivity index (χ1n) is 6.65. The van der Waals surface area contributed by atoms with Crippen LogP contribution in [0.4, 0.5) is 0 Å². The fraction of sp³-hybridized carbons (Fsp3) is 0.625. The molecule has 1 saturated carbocycles. The summed E-state index contributed by atoms with van der Waals surface area (Å²) in [6, 6.07) is 11.4. The summed E-state index contributed by atoms with van der Waals surface area (Å²) < 4.78 is 0. The van der Waals surface area contributed by atoms with E-state index in [9.17, 15) is 0 Å². The lowest BCUT2D eigenvalue weighted by Gasteiger charge is -2.14. The van der Waals surface area contributed by atoms with Crippen LogP contribution >= 0.6 is 0 Å². The molecule has 0 saturated heterocycles. The molecule has 1 unspecified atom stereocenters. The van der Waals surface area contributed by atoms with Gasteiger partial charge in [0.2, 0.25) is 0 Å². The Morgan fingerprint density at radius 1 is 1.06 bits per heavy atom. The molecule has 1 atom stereocenters. The van der Waals surface area contributed by atoms with E-state index in [1.54, 1.807) is 0 Å². The van der Waals surface area contributed by atoms with Gasteiger partial charge in [-0.2, -0.15) is 0 Å². The lowest BCUT2D eigenvalue weighted by molar-refractivity contribution is 0.457. The average Bonchev–Trinajstić information content (AvgIpc) is 2.68. The van der Waals surface area contributed by atoms with Gasteiger partial charge in [-0.1, -0.05) is 65.0 Å². The van der Waals surface area contributed by atoms with Crippen LogP contribution in [0.25, 0.3) is 0 Å². The van der Waals surface area contributed by atoms with E-state index < -0.39 is 0 Å². The van der Waals surface area contributed by atoms with E-state index in [1.807, 2.05) is 0 Å². The summed E-state index contributed by atoms with van der Waals surface area (Å²) in [6.45, 7) is 12.8. The van der Waals surface area contributed by atoms with Crippen molar-refractivity contribution in [3.05, 3.63) is 35.9 Å². The van der Waals surface area contributed by atoms with Gasteiger partial charge in [-0.15, -0.1) is 0 Å². The zero-order valence-corrected chi connectivity index (χ0v) is 11.7. The molecule has 1 aliphatic carbocycles.